The van der Waals surface area contributed by atoms with Crippen LogP contribution in [-0.2, 0) is 6.61 Å². The van der Waals surface area contributed by atoms with Crippen molar-refractivity contribution in [1.82, 2.24) is 4.98 Å². The summed E-state index contributed by atoms with van der Waals surface area (Å²) in [5.41, 5.74) is 2.89. The minimum atomic E-state index is -0.989. The van der Waals surface area contributed by atoms with Crippen molar-refractivity contribution in [3.05, 3.63) is 58.9 Å². The van der Waals surface area contributed by atoms with Gasteiger partial charge in [-0.3, -0.25) is 4.98 Å². The second kappa shape index (κ2) is 5.52. The first-order chi connectivity index (χ1) is 9.08. The quantitative estimate of drug-likeness (QED) is 0.914. The summed E-state index contributed by atoms with van der Waals surface area (Å²) in [5.74, 6) is -0.625. The van der Waals surface area contributed by atoms with Crippen LogP contribution >= 0.6 is 0 Å². The van der Waals surface area contributed by atoms with Gasteiger partial charge in [0.05, 0.1) is 5.69 Å². The number of carboxylic acids is 1. The molecule has 0 saturated heterocycles. The Kier molecular flexibility index (Phi) is 3.80. The smallest absolute Gasteiger partial charge is 0.339 e. The molecule has 0 amide bonds. The van der Waals surface area contributed by atoms with Crippen molar-refractivity contribution in [1.29, 1.82) is 0 Å². The van der Waals surface area contributed by atoms with E-state index in [1.54, 1.807) is 18.3 Å². The lowest BCUT2D eigenvalue weighted by Gasteiger charge is -2.10. The number of benzene rings is 1. The van der Waals surface area contributed by atoms with Crippen LogP contribution in [0.15, 0.2) is 36.5 Å². The van der Waals surface area contributed by atoms with Gasteiger partial charge in [0.25, 0.3) is 0 Å². The summed E-state index contributed by atoms with van der Waals surface area (Å²) in [4.78, 5) is 15.4. The van der Waals surface area contributed by atoms with Gasteiger partial charge in [0.2, 0.25) is 0 Å². The summed E-state index contributed by atoms with van der Waals surface area (Å²) in [5, 5.41) is 9.15. The van der Waals surface area contributed by atoms with Crippen molar-refractivity contribution in [2.45, 2.75) is 20.5 Å². The molecule has 1 heterocycles. The van der Waals surface area contributed by atoms with Gasteiger partial charge < -0.3 is 9.84 Å². The number of aromatic carboxylic acids is 1. The predicted octanol–water partition coefficient (Wildman–Crippen LogP) is 2.98. The lowest BCUT2D eigenvalue weighted by Crippen LogP contribution is -2.05. The molecule has 1 N–H and O–H groups in total. The predicted molar refractivity (Wildman–Crippen MR) is 71.4 cm³/mol. The Hall–Kier alpha value is -2.36. The van der Waals surface area contributed by atoms with Crippen molar-refractivity contribution in [3.8, 4) is 5.75 Å². The van der Waals surface area contributed by atoms with E-state index in [0.29, 0.717) is 5.75 Å². The summed E-state index contributed by atoms with van der Waals surface area (Å²) < 4.78 is 5.58. The molecule has 0 aliphatic rings. The number of hydrogen-bond acceptors (Lipinski definition) is 3. The molecular weight excluding hydrogens is 242 g/mol. The van der Waals surface area contributed by atoms with Gasteiger partial charge in [-0.1, -0.05) is 17.7 Å². The molecule has 0 fully saturated rings. The van der Waals surface area contributed by atoms with Crippen LogP contribution in [0.1, 0.15) is 27.2 Å². The molecule has 0 radical (unpaired) electrons. The third-order valence-corrected chi connectivity index (χ3v) is 2.85. The molecule has 0 atom stereocenters. The molecule has 0 aliphatic heterocycles. The molecule has 0 aliphatic carbocycles. The van der Waals surface area contributed by atoms with Crippen LogP contribution in [0, 0.1) is 13.8 Å². The highest BCUT2D eigenvalue weighted by Crippen LogP contribution is 2.21. The fraction of sp³-hybridized carbons (Fsp3) is 0.200. The molecule has 1 aromatic heterocycles. The largest absolute Gasteiger partial charge is 0.486 e. The number of carbonyl (C=O) groups is 1. The van der Waals surface area contributed by atoms with E-state index in [1.165, 1.54) is 0 Å². The zero-order valence-electron chi connectivity index (χ0n) is 10.9. The summed E-state index contributed by atoms with van der Waals surface area (Å²) in [6.07, 6.45) is 1.69. The minimum Gasteiger partial charge on any atom is -0.486 e. The number of rotatable bonds is 4. The molecule has 0 bridgehead atoms. The maximum absolute atomic E-state index is 11.2. The van der Waals surface area contributed by atoms with Crippen LogP contribution in [0.2, 0.25) is 0 Å². The van der Waals surface area contributed by atoms with Crippen molar-refractivity contribution >= 4 is 5.97 Å². The van der Waals surface area contributed by atoms with Crippen molar-refractivity contribution in [2.75, 3.05) is 0 Å². The van der Waals surface area contributed by atoms with E-state index < -0.39 is 5.97 Å². The molecule has 0 spiro atoms. The maximum Gasteiger partial charge on any atom is 0.339 e. The van der Waals surface area contributed by atoms with E-state index in [0.717, 1.165) is 16.8 Å². The van der Waals surface area contributed by atoms with E-state index in [9.17, 15) is 4.79 Å². The van der Waals surface area contributed by atoms with Crippen molar-refractivity contribution in [2.24, 2.45) is 0 Å². The summed E-state index contributed by atoms with van der Waals surface area (Å²) in [6, 6.07) is 8.90. The second-order valence-corrected chi connectivity index (χ2v) is 4.36. The van der Waals surface area contributed by atoms with Gasteiger partial charge in [-0.05, 0) is 37.6 Å². The Morgan fingerprint density at radius 2 is 2.11 bits per heavy atom. The monoisotopic (exact) mass is 257 g/mol. The van der Waals surface area contributed by atoms with Crippen molar-refractivity contribution in [3.63, 3.8) is 0 Å². The Balaban J connectivity index is 2.20. The SMILES string of the molecule is Cc1ccc(OCc2ncccc2C)c(C(=O)O)c1. The van der Waals surface area contributed by atoms with Gasteiger partial charge in [-0.2, -0.15) is 0 Å². The Labute approximate surface area is 111 Å². The Bertz CT molecular complexity index is 608. The normalized spacial score (nSPS) is 10.2. The summed E-state index contributed by atoms with van der Waals surface area (Å²) in [6.45, 7) is 4.05. The first-order valence-corrected chi connectivity index (χ1v) is 5.95. The maximum atomic E-state index is 11.2. The molecule has 2 rings (SSSR count). The molecule has 2 aromatic rings. The van der Waals surface area contributed by atoms with Gasteiger partial charge in [-0.15, -0.1) is 0 Å². The van der Waals surface area contributed by atoms with Crippen LogP contribution in [-0.4, -0.2) is 16.1 Å². The van der Waals surface area contributed by atoms with Gasteiger partial charge in [-0.25, -0.2) is 4.79 Å². The van der Waals surface area contributed by atoms with Gasteiger partial charge in [0, 0.05) is 6.20 Å². The number of carboxylic acid groups (broad SMARTS) is 1. The fourth-order valence-electron chi connectivity index (χ4n) is 1.75. The van der Waals surface area contributed by atoms with Crippen LogP contribution < -0.4 is 4.74 Å². The topological polar surface area (TPSA) is 59.4 Å². The van der Waals surface area contributed by atoms with E-state index in [2.05, 4.69) is 4.98 Å². The molecule has 1 aromatic carbocycles. The van der Waals surface area contributed by atoms with E-state index >= 15 is 0 Å². The highest BCUT2D eigenvalue weighted by Gasteiger charge is 2.12. The van der Waals surface area contributed by atoms with E-state index in [1.807, 2.05) is 32.0 Å². The zero-order chi connectivity index (χ0) is 13.8. The number of pyridine rings is 1. The number of nitrogens with zero attached hydrogens (tertiary/aromatic N) is 1. The number of aromatic nitrogens is 1. The third kappa shape index (κ3) is 3.10. The van der Waals surface area contributed by atoms with Gasteiger partial charge >= 0.3 is 5.97 Å². The van der Waals surface area contributed by atoms with Gasteiger partial charge in [0.15, 0.2) is 0 Å². The first kappa shape index (κ1) is 13.1. The molecule has 0 saturated carbocycles. The molecule has 19 heavy (non-hydrogen) atoms. The number of ether oxygens (including phenoxy) is 1. The zero-order valence-corrected chi connectivity index (χ0v) is 10.9. The van der Waals surface area contributed by atoms with Crippen LogP contribution in [0.25, 0.3) is 0 Å². The highest BCUT2D eigenvalue weighted by atomic mass is 16.5. The van der Waals surface area contributed by atoms with Crippen molar-refractivity contribution < 1.29 is 14.6 Å². The highest BCUT2D eigenvalue weighted by molar-refractivity contribution is 5.91. The van der Waals surface area contributed by atoms with Gasteiger partial charge in [0.1, 0.15) is 17.9 Å². The lowest BCUT2D eigenvalue weighted by molar-refractivity contribution is 0.0691. The Morgan fingerprint density at radius 1 is 1.32 bits per heavy atom. The first-order valence-electron chi connectivity index (χ1n) is 5.95. The van der Waals surface area contributed by atoms with Crippen LogP contribution in [0.3, 0.4) is 0 Å². The molecular formula is C15H15NO3. The second-order valence-electron chi connectivity index (χ2n) is 4.36. The average molecular weight is 257 g/mol. The Morgan fingerprint density at radius 3 is 2.79 bits per heavy atom. The van der Waals surface area contributed by atoms with Crippen LogP contribution in [0.4, 0.5) is 0 Å². The molecule has 0 unspecified atom stereocenters. The lowest BCUT2D eigenvalue weighted by atomic mass is 10.1. The minimum absolute atomic E-state index is 0.175. The van der Waals surface area contributed by atoms with E-state index in [-0.39, 0.29) is 12.2 Å². The van der Waals surface area contributed by atoms with E-state index in [4.69, 9.17) is 9.84 Å². The molecule has 98 valence electrons. The number of aryl methyl sites for hydroxylation is 2. The number of hydrogen-bond donors (Lipinski definition) is 1. The molecule has 4 heteroatoms. The summed E-state index contributed by atoms with van der Waals surface area (Å²) >= 11 is 0. The fourth-order valence-corrected chi connectivity index (χ4v) is 1.75. The standard InChI is InChI=1S/C15H15NO3/c1-10-5-6-14(12(8-10)15(17)18)19-9-13-11(2)4-3-7-16-13/h3-8H,9H2,1-2H3,(H,17,18). The third-order valence-electron chi connectivity index (χ3n) is 2.85. The molecule has 4 nitrogen and oxygen atoms in total. The average Bonchev–Trinajstić information content (AvgIpc) is 2.38. The summed E-state index contributed by atoms with van der Waals surface area (Å²) in [7, 11) is 0. The van der Waals surface area contributed by atoms with Crippen LogP contribution in [0.5, 0.6) is 5.75 Å².